The van der Waals surface area contributed by atoms with E-state index < -0.39 is 11.8 Å². The van der Waals surface area contributed by atoms with Gasteiger partial charge in [-0.05, 0) is 30.2 Å². The van der Waals surface area contributed by atoms with Crippen LogP contribution < -0.4 is 4.90 Å². The van der Waals surface area contributed by atoms with Crippen molar-refractivity contribution < 1.29 is 14.3 Å². The van der Waals surface area contributed by atoms with Gasteiger partial charge in [-0.3, -0.25) is 4.98 Å². The number of carbonyl (C=O) groups is 1. The van der Waals surface area contributed by atoms with Crippen molar-refractivity contribution in [2.45, 2.75) is 6.42 Å². The maximum absolute atomic E-state index is 13.1. The molecule has 0 spiro atoms. The molecule has 0 aliphatic rings. The summed E-state index contributed by atoms with van der Waals surface area (Å²) in [4.78, 5) is 20.6. The largest absolute Gasteiger partial charge is 0.478 e. The molecule has 2 rings (SSSR count). The van der Waals surface area contributed by atoms with Crippen LogP contribution in [-0.4, -0.2) is 34.6 Å². The number of aromatic carboxylic acids is 1. The SMILES string of the molecule is CN(CCc1ccncc1)c1ncc(F)cc1C(=O)O. The van der Waals surface area contributed by atoms with Gasteiger partial charge in [-0.15, -0.1) is 0 Å². The molecule has 0 unspecified atom stereocenters. The van der Waals surface area contributed by atoms with Crippen LogP contribution >= 0.6 is 0 Å². The first-order valence-corrected chi connectivity index (χ1v) is 6.07. The van der Waals surface area contributed by atoms with Gasteiger partial charge >= 0.3 is 5.97 Å². The van der Waals surface area contributed by atoms with Crippen LogP contribution in [-0.2, 0) is 6.42 Å². The molecule has 1 N–H and O–H groups in total. The Kier molecular flexibility index (Phi) is 4.24. The molecule has 0 fully saturated rings. The number of carboxylic acids is 1. The average molecular weight is 275 g/mol. The lowest BCUT2D eigenvalue weighted by atomic mass is 10.2. The third-order valence-corrected chi connectivity index (χ3v) is 2.91. The van der Waals surface area contributed by atoms with Crippen LogP contribution in [0.4, 0.5) is 10.2 Å². The highest BCUT2D eigenvalue weighted by atomic mass is 19.1. The molecule has 6 heteroatoms. The van der Waals surface area contributed by atoms with Gasteiger partial charge in [0.15, 0.2) is 0 Å². The second-order valence-electron chi connectivity index (χ2n) is 4.36. The highest BCUT2D eigenvalue weighted by Crippen LogP contribution is 2.17. The van der Waals surface area contributed by atoms with Crippen LogP contribution in [0.2, 0.25) is 0 Å². The van der Waals surface area contributed by atoms with Crippen molar-refractivity contribution in [1.82, 2.24) is 9.97 Å². The Labute approximate surface area is 115 Å². The summed E-state index contributed by atoms with van der Waals surface area (Å²) in [5, 5.41) is 9.08. The van der Waals surface area contributed by atoms with Gasteiger partial charge in [0.05, 0.1) is 6.20 Å². The fourth-order valence-corrected chi connectivity index (χ4v) is 1.85. The van der Waals surface area contributed by atoms with E-state index in [1.165, 1.54) is 0 Å². The van der Waals surface area contributed by atoms with Gasteiger partial charge in [0.1, 0.15) is 17.2 Å². The van der Waals surface area contributed by atoms with Crippen molar-refractivity contribution in [3.63, 3.8) is 0 Å². The average Bonchev–Trinajstić information content (AvgIpc) is 2.45. The van der Waals surface area contributed by atoms with Gasteiger partial charge in [-0.2, -0.15) is 0 Å². The third kappa shape index (κ3) is 3.28. The van der Waals surface area contributed by atoms with Crippen molar-refractivity contribution in [3.8, 4) is 0 Å². The summed E-state index contributed by atoms with van der Waals surface area (Å²) < 4.78 is 13.1. The molecule has 2 heterocycles. The van der Waals surface area contributed by atoms with Crippen LogP contribution in [0.1, 0.15) is 15.9 Å². The number of nitrogens with zero attached hydrogens (tertiary/aromatic N) is 3. The summed E-state index contributed by atoms with van der Waals surface area (Å²) in [5.41, 5.74) is 0.952. The van der Waals surface area contributed by atoms with Crippen LogP contribution in [0.15, 0.2) is 36.8 Å². The van der Waals surface area contributed by atoms with Crippen molar-refractivity contribution >= 4 is 11.8 Å². The zero-order chi connectivity index (χ0) is 14.5. The zero-order valence-corrected chi connectivity index (χ0v) is 11.0. The first-order valence-electron chi connectivity index (χ1n) is 6.07. The number of anilines is 1. The molecular weight excluding hydrogens is 261 g/mol. The molecule has 0 amide bonds. The van der Waals surface area contributed by atoms with Crippen molar-refractivity contribution in [1.29, 1.82) is 0 Å². The molecule has 20 heavy (non-hydrogen) atoms. The van der Waals surface area contributed by atoms with Crippen LogP contribution in [0.5, 0.6) is 0 Å². The normalized spacial score (nSPS) is 10.3. The van der Waals surface area contributed by atoms with Gasteiger partial charge in [0.2, 0.25) is 0 Å². The van der Waals surface area contributed by atoms with Crippen LogP contribution in [0, 0.1) is 5.82 Å². The molecular formula is C14H14FN3O2. The topological polar surface area (TPSA) is 66.3 Å². The summed E-state index contributed by atoms with van der Waals surface area (Å²) in [6.07, 6.45) is 5.14. The van der Waals surface area contributed by atoms with Crippen molar-refractivity contribution in [2.24, 2.45) is 0 Å². The lowest BCUT2D eigenvalue weighted by Gasteiger charge is -2.19. The summed E-state index contributed by atoms with van der Waals surface area (Å²) in [5.74, 6) is -1.59. The minimum Gasteiger partial charge on any atom is -0.478 e. The first kappa shape index (κ1) is 13.9. The molecule has 104 valence electrons. The Morgan fingerprint density at radius 1 is 1.40 bits per heavy atom. The van der Waals surface area contributed by atoms with E-state index in [1.54, 1.807) is 24.3 Å². The van der Waals surface area contributed by atoms with Gasteiger partial charge in [-0.1, -0.05) is 0 Å². The predicted molar refractivity (Wildman–Crippen MR) is 72.4 cm³/mol. The Morgan fingerprint density at radius 3 is 2.75 bits per heavy atom. The number of hydrogen-bond donors (Lipinski definition) is 1. The van der Waals surface area contributed by atoms with E-state index in [2.05, 4.69) is 9.97 Å². The van der Waals surface area contributed by atoms with Crippen LogP contribution in [0.3, 0.4) is 0 Å². The second kappa shape index (κ2) is 6.10. The molecule has 5 nitrogen and oxygen atoms in total. The van der Waals surface area contributed by atoms with Crippen molar-refractivity contribution in [2.75, 3.05) is 18.5 Å². The fourth-order valence-electron chi connectivity index (χ4n) is 1.85. The Balaban J connectivity index is 2.13. The van der Waals surface area contributed by atoms with Crippen LogP contribution in [0.25, 0.3) is 0 Å². The minimum atomic E-state index is -1.19. The summed E-state index contributed by atoms with van der Waals surface area (Å²) >= 11 is 0. The third-order valence-electron chi connectivity index (χ3n) is 2.91. The number of likely N-dealkylation sites (N-methyl/N-ethyl adjacent to an activating group) is 1. The molecule has 0 saturated heterocycles. The molecule has 2 aromatic rings. The van der Waals surface area contributed by atoms with E-state index in [1.807, 2.05) is 12.1 Å². The molecule has 0 aromatic carbocycles. The quantitative estimate of drug-likeness (QED) is 0.904. The Hall–Kier alpha value is -2.50. The number of pyridine rings is 2. The molecule has 0 aliphatic heterocycles. The number of hydrogen-bond acceptors (Lipinski definition) is 4. The summed E-state index contributed by atoms with van der Waals surface area (Å²) in [6, 6.07) is 4.77. The monoisotopic (exact) mass is 275 g/mol. The first-order chi connectivity index (χ1) is 9.58. The zero-order valence-electron chi connectivity index (χ0n) is 11.0. The smallest absolute Gasteiger partial charge is 0.339 e. The standard InChI is InChI=1S/C14H14FN3O2/c1-18(7-4-10-2-5-16-6-3-10)13-12(14(19)20)8-11(15)9-17-13/h2-3,5-6,8-9H,4,7H2,1H3,(H,19,20). The predicted octanol–water partition coefficient (Wildman–Crippen LogP) is 1.99. The summed E-state index contributed by atoms with van der Waals surface area (Å²) in [7, 11) is 1.73. The molecule has 0 saturated carbocycles. The van der Waals surface area contributed by atoms with E-state index in [0.717, 1.165) is 24.2 Å². The van der Waals surface area contributed by atoms with Gasteiger partial charge in [0.25, 0.3) is 0 Å². The lowest BCUT2D eigenvalue weighted by Crippen LogP contribution is -2.24. The molecule has 0 radical (unpaired) electrons. The second-order valence-corrected chi connectivity index (χ2v) is 4.36. The highest BCUT2D eigenvalue weighted by Gasteiger charge is 2.16. The number of halogens is 1. The van der Waals surface area contributed by atoms with E-state index in [0.29, 0.717) is 6.54 Å². The molecule has 0 aliphatic carbocycles. The van der Waals surface area contributed by atoms with Gasteiger partial charge < -0.3 is 10.0 Å². The maximum atomic E-state index is 13.1. The van der Waals surface area contributed by atoms with E-state index >= 15 is 0 Å². The number of aromatic nitrogens is 2. The van der Waals surface area contributed by atoms with E-state index in [9.17, 15) is 9.18 Å². The van der Waals surface area contributed by atoms with Gasteiger partial charge in [0, 0.05) is 26.0 Å². The van der Waals surface area contributed by atoms with Crippen molar-refractivity contribution in [3.05, 3.63) is 53.7 Å². The Morgan fingerprint density at radius 2 is 2.10 bits per heavy atom. The molecule has 2 aromatic heterocycles. The maximum Gasteiger partial charge on any atom is 0.339 e. The minimum absolute atomic E-state index is 0.137. The lowest BCUT2D eigenvalue weighted by molar-refractivity contribution is 0.0696. The molecule has 0 atom stereocenters. The number of rotatable bonds is 5. The number of carboxylic acid groups (broad SMARTS) is 1. The van der Waals surface area contributed by atoms with E-state index in [4.69, 9.17) is 5.11 Å². The van der Waals surface area contributed by atoms with E-state index in [-0.39, 0.29) is 11.4 Å². The molecule has 0 bridgehead atoms. The fraction of sp³-hybridized carbons (Fsp3) is 0.214. The Bertz CT molecular complexity index is 605. The highest BCUT2D eigenvalue weighted by molar-refractivity contribution is 5.93. The summed E-state index contributed by atoms with van der Waals surface area (Å²) in [6.45, 7) is 0.572. The van der Waals surface area contributed by atoms with Gasteiger partial charge in [-0.25, -0.2) is 14.2 Å².